The lowest BCUT2D eigenvalue weighted by atomic mass is 10.5. The Morgan fingerprint density at radius 3 is 2.50 bits per heavy atom. The van der Waals surface area contributed by atoms with Crippen molar-refractivity contribution in [1.29, 1.82) is 0 Å². The summed E-state index contributed by atoms with van der Waals surface area (Å²) >= 11 is 9.14. The molecule has 70 valence electrons. The molecule has 0 saturated heterocycles. The summed E-state index contributed by atoms with van der Waals surface area (Å²) in [7, 11) is 0. The molecule has 0 aliphatic heterocycles. The van der Waals surface area contributed by atoms with E-state index in [4.69, 9.17) is 11.6 Å². The fourth-order valence-electron chi connectivity index (χ4n) is 1.03. The Morgan fingerprint density at radius 2 is 2.17 bits per heavy atom. The van der Waals surface area contributed by atoms with Gasteiger partial charge in [-0.25, -0.2) is 4.98 Å². The topological polar surface area (TPSA) is 17.8 Å². The molecule has 0 aliphatic carbocycles. The monoisotopic (exact) mass is 272 g/mol. The minimum Gasteiger partial charge on any atom is -0.322 e. The molecule has 2 nitrogen and oxygen atoms in total. The van der Waals surface area contributed by atoms with E-state index in [9.17, 15) is 0 Å². The Balaban J connectivity index is 0.00000121. The second-order valence-electron chi connectivity index (χ2n) is 2.28. The van der Waals surface area contributed by atoms with Crippen LogP contribution in [0.4, 0.5) is 0 Å². The summed E-state index contributed by atoms with van der Waals surface area (Å²) < 4.78 is 3.10. The van der Waals surface area contributed by atoms with E-state index in [1.807, 2.05) is 6.92 Å². The molecule has 0 radical (unpaired) electrons. The zero-order valence-corrected chi connectivity index (χ0v) is 10.1. The van der Waals surface area contributed by atoms with Gasteiger partial charge in [0.2, 0.25) is 0 Å². The van der Waals surface area contributed by atoms with E-state index < -0.39 is 0 Å². The van der Waals surface area contributed by atoms with Gasteiger partial charge in [0.05, 0.1) is 11.6 Å². The van der Waals surface area contributed by atoms with Crippen molar-refractivity contribution in [3.05, 3.63) is 16.1 Å². The predicted octanol–water partition coefficient (Wildman–Crippen LogP) is 3.13. The summed E-state index contributed by atoms with van der Waals surface area (Å²) in [4.78, 5) is 4.28. The zero-order valence-electron chi connectivity index (χ0n) is 6.97. The van der Waals surface area contributed by atoms with Crippen LogP contribution in [-0.4, -0.2) is 9.55 Å². The molecule has 1 heterocycles. The highest BCUT2D eigenvalue weighted by atomic mass is 79.9. The summed E-state index contributed by atoms with van der Waals surface area (Å²) in [6.07, 6.45) is 0. The first kappa shape index (κ1) is 12.3. The molecule has 12 heavy (non-hydrogen) atoms. The highest BCUT2D eigenvalue weighted by molar-refractivity contribution is 9.10. The normalized spacial score (nSPS) is 9.67. The van der Waals surface area contributed by atoms with Gasteiger partial charge in [-0.1, -0.05) is 0 Å². The van der Waals surface area contributed by atoms with Crippen molar-refractivity contribution in [2.24, 2.45) is 0 Å². The van der Waals surface area contributed by atoms with E-state index in [-0.39, 0.29) is 12.4 Å². The van der Waals surface area contributed by atoms with E-state index in [1.54, 1.807) is 0 Å². The lowest BCUT2D eigenvalue weighted by Gasteiger charge is -2.01. The van der Waals surface area contributed by atoms with Gasteiger partial charge in [-0.3, -0.25) is 0 Å². The molecule has 5 heteroatoms. The molecule has 1 aromatic heterocycles. The average molecular weight is 274 g/mol. The van der Waals surface area contributed by atoms with Crippen LogP contribution >= 0.6 is 39.9 Å². The first-order chi connectivity index (χ1) is 5.20. The highest BCUT2D eigenvalue weighted by Gasteiger charge is 2.08. The minimum absolute atomic E-state index is 0. The van der Waals surface area contributed by atoms with E-state index >= 15 is 0 Å². The number of aromatic nitrogens is 2. The van der Waals surface area contributed by atoms with Crippen molar-refractivity contribution in [1.82, 2.24) is 9.55 Å². The van der Waals surface area contributed by atoms with Gasteiger partial charge in [0.25, 0.3) is 0 Å². The Kier molecular flexibility index (Phi) is 5.21. The molecule has 0 amide bonds. The Morgan fingerprint density at radius 1 is 1.58 bits per heavy atom. The van der Waals surface area contributed by atoms with Gasteiger partial charge in [-0.15, -0.1) is 24.0 Å². The summed E-state index contributed by atoms with van der Waals surface area (Å²) in [5.41, 5.74) is 1.00. The van der Waals surface area contributed by atoms with Crippen LogP contribution in [0.5, 0.6) is 0 Å². The summed E-state index contributed by atoms with van der Waals surface area (Å²) in [5.74, 6) is 1.40. The fraction of sp³-hybridized carbons (Fsp3) is 0.571. The maximum absolute atomic E-state index is 5.69. The van der Waals surface area contributed by atoms with Crippen LogP contribution in [0.3, 0.4) is 0 Å². The second-order valence-corrected chi connectivity index (χ2v) is 3.30. The summed E-state index contributed by atoms with van der Waals surface area (Å²) in [6, 6.07) is 0. The van der Waals surface area contributed by atoms with Crippen molar-refractivity contribution in [2.75, 3.05) is 0 Å². The molecule has 0 aliphatic rings. The van der Waals surface area contributed by atoms with Crippen LogP contribution in [0.2, 0.25) is 0 Å². The van der Waals surface area contributed by atoms with E-state index in [2.05, 4.69) is 32.4 Å². The average Bonchev–Trinajstić information content (AvgIpc) is 2.28. The van der Waals surface area contributed by atoms with Crippen molar-refractivity contribution < 1.29 is 0 Å². The SMILES string of the molecule is CCn1c(CCl)nc(C)c1Br.Cl. The third kappa shape index (κ3) is 2.15. The Labute approximate surface area is 91.9 Å². The minimum atomic E-state index is 0. The van der Waals surface area contributed by atoms with E-state index in [1.165, 1.54) is 0 Å². The standard InChI is InChI=1S/C7H10BrClN2.ClH/c1-3-11-6(4-9)10-5(2)7(11)8;/h3-4H2,1-2H3;1H. The smallest absolute Gasteiger partial charge is 0.124 e. The second kappa shape index (κ2) is 5.10. The lowest BCUT2D eigenvalue weighted by Crippen LogP contribution is -1.99. The van der Waals surface area contributed by atoms with Crippen molar-refractivity contribution in [2.45, 2.75) is 26.3 Å². The molecular weight excluding hydrogens is 263 g/mol. The van der Waals surface area contributed by atoms with Gasteiger partial charge in [-0.05, 0) is 29.8 Å². The third-order valence-electron chi connectivity index (χ3n) is 1.58. The van der Waals surface area contributed by atoms with Crippen molar-refractivity contribution in [3.8, 4) is 0 Å². The lowest BCUT2D eigenvalue weighted by molar-refractivity contribution is 0.710. The Hall–Kier alpha value is 0.270. The molecule has 0 bridgehead atoms. The number of halogens is 3. The van der Waals surface area contributed by atoms with Gasteiger partial charge in [-0.2, -0.15) is 0 Å². The molecular formula is C7H11BrCl2N2. The van der Waals surface area contributed by atoms with Gasteiger partial charge in [0.1, 0.15) is 10.4 Å². The molecule has 1 aromatic rings. The van der Waals surface area contributed by atoms with Crippen LogP contribution in [-0.2, 0) is 12.4 Å². The largest absolute Gasteiger partial charge is 0.322 e. The first-order valence-electron chi connectivity index (χ1n) is 3.48. The number of nitrogens with zero attached hydrogens (tertiary/aromatic N) is 2. The molecule has 0 saturated carbocycles. The molecule has 0 spiro atoms. The molecule has 1 rings (SSSR count). The molecule has 0 unspecified atom stereocenters. The summed E-state index contributed by atoms with van der Waals surface area (Å²) in [6.45, 7) is 4.94. The first-order valence-corrected chi connectivity index (χ1v) is 4.81. The van der Waals surface area contributed by atoms with Crippen molar-refractivity contribution >= 4 is 39.9 Å². The number of hydrogen-bond donors (Lipinski definition) is 0. The molecule has 0 aromatic carbocycles. The van der Waals surface area contributed by atoms with E-state index in [0.717, 1.165) is 22.7 Å². The predicted molar refractivity (Wildman–Crippen MR) is 57.1 cm³/mol. The molecule has 0 fully saturated rings. The van der Waals surface area contributed by atoms with Gasteiger partial charge >= 0.3 is 0 Å². The van der Waals surface area contributed by atoms with Crippen LogP contribution in [0.25, 0.3) is 0 Å². The number of alkyl halides is 1. The molecule has 0 N–H and O–H groups in total. The fourth-order valence-corrected chi connectivity index (χ4v) is 1.78. The zero-order chi connectivity index (χ0) is 8.43. The highest BCUT2D eigenvalue weighted by Crippen LogP contribution is 2.18. The van der Waals surface area contributed by atoms with Crippen LogP contribution in [0, 0.1) is 6.92 Å². The third-order valence-corrected chi connectivity index (χ3v) is 2.82. The molecule has 0 atom stereocenters. The van der Waals surface area contributed by atoms with Crippen LogP contribution in [0.1, 0.15) is 18.4 Å². The quantitative estimate of drug-likeness (QED) is 0.757. The maximum atomic E-state index is 5.69. The van der Waals surface area contributed by atoms with Crippen molar-refractivity contribution in [3.63, 3.8) is 0 Å². The maximum Gasteiger partial charge on any atom is 0.124 e. The van der Waals surface area contributed by atoms with E-state index in [0.29, 0.717) is 5.88 Å². The van der Waals surface area contributed by atoms with Crippen LogP contribution < -0.4 is 0 Å². The van der Waals surface area contributed by atoms with Crippen LogP contribution in [0.15, 0.2) is 4.60 Å². The number of imidazole rings is 1. The summed E-state index contributed by atoms with van der Waals surface area (Å²) in [5, 5.41) is 0. The number of rotatable bonds is 2. The van der Waals surface area contributed by atoms with Gasteiger partial charge < -0.3 is 4.57 Å². The number of hydrogen-bond acceptors (Lipinski definition) is 1. The van der Waals surface area contributed by atoms with Gasteiger partial charge in [0, 0.05) is 6.54 Å². The van der Waals surface area contributed by atoms with Gasteiger partial charge in [0.15, 0.2) is 0 Å². The Bertz CT molecular complexity index is 260. The number of aryl methyl sites for hydroxylation is 1.